The Morgan fingerprint density at radius 2 is 2.36 bits per heavy atom. The molecule has 1 amide bonds. The number of hydrogen-bond acceptors (Lipinski definition) is 4. The van der Waals surface area contributed by atoms with Gasteiger partial charge < -0.3 is 15.2 Å². The van der Waals surface area contributed by atoms with Crippen LogP contribution >= 0.6 is 0 Å². The van der Waals surface area contributed by atoms with Crippen LogP contribution in [0.15, 0.2) is 5.11 Å². The number of carboxylic acid groups (broad SMARTS) is 1. The zero-order valence-electron chi connectivity index (χ0n) is 7.44. The van der Waals surface area contributed by atoms with Gasteiger partial charge in [-0.25, -0.2) is 4.39 Å². The Kier molecular flexibility index (Phi) is 3.53. The highest BCUT2D eigenvalue weighted by Gasteiger charge is 2.32. The molecule has 0 aromatic carbocycles. The van der Waals surface area contributed by atoms with Gasteiger partial charge in [-0.1, -0.05) is 0 Å². The zero-order chi connectivity index (χ0) is 10.6. The van der Waals surface area contributed by atoms with Crippen LogP contribution in [0, 0.1) is 5.53 Å². The van der Waals surface area contributed by atoms with Crippen molar-refractivity contribution in [2.24, 2.45) is 5.11 Å². The second-order valence-corrected chi connectivity index (χ2v) is 3.24. The molecular formula is C7H11FN4O2. The van der Waals surface area contributed by atoms with E-state index in [-0.39, 0.29) is 12.5 Å². The van der Waals surface area contributed by atoms with Crippen LogP contribution in [-0.2, 0) is 0 Å². The predicted octanol–water partition coefficient (Wildman–Crippen LogP) is -0.271. The van der Waals surface area contributed by atoms with E-state index in [1.54, 1.807) is 0 Å². The lowest BCUT2D eigenvalue weighted by Gasteiger charge is -2.28. The van der Waals surface area contributed by atoms with Gasteiger partial charge in [-0.05, 0) is 12.8 Å². The average Bonchev–Trinajstić information content (AvgIpc) is 2.10. The highest BCUT2D eigenvalue weighted by molar-refractivity contribution is 5.62. The van der Waals surface area contributed by atoms with E-state index >= 15 is 0 Å². The maximum absolute atomic E-state index is 13.3. The Hall–Kier alpha value is -1.49. The third-order valence-corrected chi connectivity index (χ3v) is 2.27. The summed E-state index contributed by atoms with van der Waals surface area (Å²) >= 11 is 0. The molecule has 3 atom stereocenters. The van der Waals surface area contributed by atoms with E-state index in [4.69, 9.17) is 5.53 Å². The molecule has 0 radical (unpaired) electrons. The SMILES string of the molecule is N=[N+]=N[C@@H]1CC[C@@H](NC(=O)[O-])[C@@H](F)C1. The van der Waals surface area contributed by atoms with E-state index < -0.39 is 18.3 Å². The van der Waals surface area contributed by atoms with Crippen LogP contribution in [0.3, 0.4) is 0 Å². The first-order valence-electron chi connectivity index (χ1n) is 4.31. The Morgan fingerprint density at radius 3 is 2.86 bits per heavy atom. The summed E-state index contributed by atoms with van der Waals surface area (Å²) in [5.74, 6) is 0. The van der Waals surface area contributed by atoms with E-state index in [1.165, 1.54) is 0 Å². The number of nitrogens with one attached hydrogen (secondary N) is 2. The predicted molar refractivity (Wildman–Crippen MR) is 42.1 cm³/mol. The molecule has 78 valence electrons. The van der Waals surface area contributed by atoms with Crippen molar-refractivity contribution >= 4 is 6.09 Å². The monoisotopic (exact) mass is 202 g/mol. The fourth-order valence-electron chi connectivity index (χ4n) is 1.60. The van der Waals surface area contributed by atoms with Crippen molar-refractivity contribution in [3.05, 3.63) is 0 Å². The fourth-order valence-corrected chi connectivity index (χ4v) is 1.60. The van der Waals surface area contributed by atoms with Crippen molar-refractivity contribution in [2.75, 3.05) is 0 Å². The van der Waals surface area contributed by atoms with Gasteiger partial charge in [0.2, 0.25) is 4.91 Å². The molecule has 1 rings (SSSR count). The first kappa shape index (κ1) is 10.6. The third kappa shape index (κ3) is 2.77. The molecule has 0 unspecified atom stereocenters. The van der Waals surface area contributed by atoms with E-state index in [9.17, 15) is 14.3 Å². The van der Waals surface area contributed by atoms with E-state index in [1.807, 2.05) is 5.32 Å². The van der Waals surface area contributed by atoms with Gasteiger partial charge >= 0.3 is 0 Å². The number of halogens is 1. The summed E-state index contributed by atoms with van der Waals surface area (Å²) in [5, 5.41) is 15.7. The van der Waals surface area contributed by atoms with Gasteiger partial charge in [0.1, 0.15) is 29.0 Å². The molecule has 0 saturated heterocycles. The minimum absolute atomic E-state index is 0.104. The van der Waals surface area contributed by atoms with Gasteiger partial charge in [0.05, 0.1) is 6.04 Å². The molecular weight excluding hydrogens is 191 g/mol. The number of carbonyl (C=O) groups excluding carboxylic acids is 1. The summed E-state index contributed by atoms with van der Waals surface area (Å²) in [4.78, 5) is 13.0. The Labute approximate surface area is 79.7 Å². The van der Waals surface area contributed by atoms with Gasteiger partial charge in [0.15, 0.2) is 0 Å². The van der Waals surface area contributed by atoms with Crippen molar-refractivity contribution in [3.8, 4) is 0 Å². The largest absolute Gasteiger partial charge is 0.530 e. The molecule has 2 N–H and O–H groups in total. The van der Waals surface area contributed by atoms with Crippen molar-refractivity contribution in [1.29, 1.82) is 5.53 Å². The number of alkyl halides is 1. The highest BCUT2D eigenvalue weighted by Crippen LogP contribution is 2.23. The lowest BCUT2D eigenvalue weighted by molar-refractivity contribution is -0.252. The number of nitrogens with zero attached hydrogens (tertiary/aromatic N) is 2. The Bertz CT molecular complexity index is 266. The number of amides is 1. The Morgan fingerprint density at radius 1 is 1.64 bits per heavy atom. The van der Waals surface area contributed by atoms with Crippen LogP contribution in [0.1, 0.15) is 19.3 Å². The fraction of sp³-hybridized carbons (Fsp3) is 0.857. The molecule has 0 bridgehead atoms. The molecule has 0 aromatic rings. The molecule has 0 heterocycles. The summed E-state index contributed by atoms with van der Waals surface area (Å²) in [6, 6.07) is -1.01. The minimum Gasteiger partial charge on any atom is -0.530 e. The lowest BCUT2D eigenvalue weighted by atomic mass is 9.90. The van der Waals surface area contributed by atoms with Gasteiger partial charge in [0.25, 0.3) is 0 Å². The summed E-state index contributed by atoms with van der Waals surface area (Å²) < 4.78 is 13.3. The first-order chi connectivity index (χ1) is 6.63. The summed E-state index contributed by atoms with van der Waals surface area (Å²) in [6.45, 7) is 0. The quantitative estimate of drug-likeness (QED) is 0.475. The standard InChI is InChI=1S/C7H11FN4O2/c8-5-3-4(11-12-9)1-2-6(5)10-7(13)14/h4-6,9-10H,1-3H2/t4-,5+,6-/m1/s1. The van der Waals surface area contributed by atoms with Gasteiger partial charge in [-0.3, -0.25) is 0 Å². The molecule has 1 fully saturated rings. The molecule has 1 saturated carbocycles. The minimum atomic E-state index is -1.46. The van der Waals surface area contributed by atoms with Crippen molar-refractivity contribution in [1.82, 2.24) is 10.2 Å². The second-order valence-electron chi connectivity index (χ2n) is 3.24. The van der Waals surface area contributed by atoms with Crippen LogP contribution in [-0.4, -0.2) is 24.3 Å². The van der Waals surface area contributed by atoms with Crippen molar-refractivity contribution < 1.29 is 14.3 Å². The van der Waals surface area contributed by atoms with Crippen LogP contribution in [0.2, 0.25) is 0 Å². The highest BCUT2D eigenvalue weighted by atomic mass is 19.1. The van der Waals surface area contributed by atoms with E-state index in [0.29, 0.717) is 12.8 Å². The van der Waals surface area contributed by atoms with E-state index in [0.717, 1.165) is 0 Å². The van der Waals surface area contributed by atoms with E-state index in [2.05, 4.69) is 10.0 Å². The van der Waals surface area contributed by atoms with Gasteiger partial charge in [-0.15, -0.1) is 0 Å². The van der Waals surface area contributed by atoms with Crippen molar-refractivity contribution in [2.45, 2.75) is 37.5 Å². The number of hydrogen-bond donors (Lipinski definition) is 2. The molecule has 0 spiro atoms. The number of rotatable bonds is 2. The lowest BCUT2D eigenvalue weighted by Crippen LogP contribution is -2.50. The molecule has 0 aromatic heterocycles. The second kappa shape index (κ2) is 4.66. The van der Waals surface area contributed by atoms with Gasteiger partial charge in [-0.2, -0.15) is 0 Å². The molecule has 0 aliphatic heterocycles. The van der Waals surface area contributed by atoms with Crippen LogP contribution in [0.5, 0.6) is 0 Å². The molecule has 7 heteroatoms. The molecule has 6 nitrogen and oxygen atoms in total. The summed E-state index contributed by atoms with van der Waals surface area (Å²) in [6.07, 6.45) is -1.74. The average molecular weight is 202 g/mol. The van der Waals surface area contributed by atoms with Crippen LogP contribution < -0.4 is 15.3 Å². The van der Waals surface area contributed by atoms with Gasteiger partial charge in [0, 0.05) is 6.42 Å². The smallest absolute Gasteiger partial charge is 0.214 e. The van der Waals surface area contributed by atoms with Crippen LogP contribution in [0.25, 0.3) is 0 Å². The topological polar surface area (TPSA) is 102 Å². The normalized spacial score (nSPS) is 31.6. The summed E-state index contributed by atoms with van der Waals surface area (Å²) in [5.41, 5.74) is 6.48. The Balaban J connectivity index is 2.47. The molecule has 14 heavy (non-hydrogen) atoms. The maximum Gasteiger partial charge on any atom is 0.214 e. The molecule has 1 aliphatic carbocycles. The zero-order valence-corrected chi connectivity index (χ0v) is 7.44. The third-order valence-electron chi connectivity index (χ3n) is 2.27. The maximum atomic E-state index is 13.3. The van der Waals surface area contributed by atoms with Crippen molar-refractivity contribution in [3.63, 3.8) is 0 Å². The molecule has 1 aliphatic rings. The first-order valence-corrected chi connectivity index (χ1v) is 4.31. The number of carbonyl (C=O) groups is 1. The summed E-state index contributed by atoms with van der Waals surface area (Å²) in [7, 11) is 0. The van der Waals surface area contributed by atoms with Crippen LogP contribution in [0.4, 0.5) is 9.18 Å².